The van der Waals surface area contributed by atoms with Crippen LogP contribution in [0, 0.1) is 0 Å². The number of hydrogen-bond acceptors (Lipinski definition) is 8. The molecular weight excluding hydrogens is 348 g/mol. The van der Waals surface area contributed by atoms with Crippen LogP contribution in [0.25, 0.3) is 5.69 Å². The van der Waals surface area contributed by atoms with E-state index >= 15 is 0 Å². The molecule has 2 heterocycles. The standard InChI is InChI=1S/C17H20N8S/c1-24(2)16-20-13(19-15(18)22-16)10-26-17-21-14(11-8-9-11)23-25(17)12-6-4-3-5-7-12/h3-7,11H,8-10H2,1-2H3,(H2,18,19,20,22). The normalized spacial score (nSPS) is 13.8. The quantitative estimate of drug-likeness (QED) is 0.662. The first-order chi connectivity index (χ1) is 12.6. The van der Waals surface area contributed by atoms with E-state index in [9.17, 15) is 0 Å². The van der Waals surface area contributed by atoms with Gasteiger partial charge in [-0.2, -0.15) is 15.0 Å². The molecule has 26 heavy (non-hydrogen) atoms. The van der Waals surface area contributed by atoms with Gasteiger partial charge in [-0.25, -0.2) is 9.67 Å². The highest BCUT2D eigenvalue weighted by Gasteiger charge is 2.29. The van der Waals surface area contributed by atoms with Gasteiger partial charge < -0.3 is 10.6 Å². The Kier molecular flexibility index (Phi) is 4.46. The molecule has 4 rings (SSSR count). The van der Waals surface area contributed by atoms with Crippen molar-refractivity contribution in [2.24, 2.45) is 0 Å². The molecule has 0 unspecified atom stereocenters. The van der Waals surface area contributed by atoms with Crippen LogP contribution in [0.3, 0.4) is 0 Å². The Morgan fingerprint density at radius 3 is 2.58 bits per heavy atom. The second-order valence-electron chi connectivity index (χ2n) is 6.37. The highest BCUT2D eigenvalue weighted by molar-refractivity contribution is 7.98. The largest absolute Gasteiger partial charge is 0.368 e. The number of rotatable bonds is 6. The minimum atomic E-state index is 0.225. The van der Waals surface area contributed by atoms with Gasteiger partial charge in [-0.15, -0.1) is 5.10 Å². The third-order valence-corrected chi connectivity index (χ3v) is 4.88. The third-order valence-electron chi connectivity index (χ3n) is 3.95. The summed E-state index contributed by atoms with van der Waals surface area (Å²) >= 11 is 1.55. The first-order valence-corrected chi connectivity index (χ1v) is 9.41. The van der Waals surface area contributed by atoms with E-state index in [0.717, 1.165) is 16.7 Å². The SMILES string of the molecule is CN(C)c1nc(N)nc(CSc2nc(C3CC3)nn2-c2ccccc2)n1. The molecule has 0 saturated heterocycles. The maximum atomic E-state index is 5.81. The van der Waals surface area contributed by atoms with E-state index in [1.54, 1.807) is 11.8 Å². The first kappa shape index (κ1) is 16.8. The molecule has 9 heteroatoms. The summed E-state index contributed by atoms with van der Waals surface area (Å²) in [6.07, 6.45) is 2.33. The lowest BCUT2D eigenvalue weighted by Crippen LogP contribution is -2.16. The topological polar surface area (TPSA) is 98.6 Å². The molecule has 0 amide bonds. The van der Waals surface area contributed by atoms with E-state index in [0.29, 0.717) is 23.4 Å². The lowest BCUT2D eigenvalue weighted by Gasteiger charge is -2.11. The van der Waals surface area contributed by atoms with Crippen LogP contribution in [0.4, 0.5) is 11.9 Å². The Morgan fingerprint density at radius 2 is 1.88 bits per heavy atom. The Bertz CT molecular complexity index is 904. The predicted molar refractivity (Wildman–Crippen MR) is 101 cm³/mol. The first-order valence-electron chi connectivity index (χ1n) is 8.43. The highest BCUT2D eigenvalue weighted by Crippen LogP contribution is 2.39. The Balaban J connectivity index is 1.60. The summed E-state index contributed by atoms with van der Waals surface area (Å²) in [4.78, 5) is 19.4. The van der Waals surface area contributed by atoms with Crippen molar-refractivity contribution in [3.63, 3.8) is 0 Å². The van der Waals surface area contributed by atoms with Gasteiger partial charge in [0.05, 0.1) is 11.4 Å². The number of benzene rings is 1. The number of hydrogen-bond donors (Lipinski definition) is 1. The van der Waals surface area contributed by atoms with Gasteiger partial charge in [0.1, 0.15) is 5.82 Å². The van der Waals surface area contributed by atoms with Crippen LogP contribution in [0.5, 0.6) is 0 Å². The van der Waals surface area contributed by atoms with Gasteiger partial charge in [0.2, 0.25) is 11.9 Å². The molecule has 8 nitrogen and oxygen atoms in total. The summed E-state index contributed by atoms with van der Waals surface area (Å²) in [7, 11) is 3.75. The second kappa shape index (κ2) is 6.91. The number of thioether (sulfide) groups is 1. The van der Waals surface area contributed by atoms with Gasteiger partial charge in [0.25, 0.3) is 0 Å². The number of nitrogens with two attached hydrogens (primary N) is 1. The molecule has 1 saturated carbocycles. The van der Waals surface area contributed by atoms with E-state index in [1.807, 2.05) is 54.0 Å². The molecule has 0 bridgehead atoms. The zero-order valence-electron chi connectivity index (χ0n) is 14.7. The molecule has 1 aromatic carbocycles. The van der Waals surface area contributed by atoms with E-state index in [2.05, 4.69) is 15.0 Å². The van der Waals surface area contributed by atoms with Crippen LogP contribution >= 0.6 is 11.8 Å². The van der Waals surface area contributed by atoms with Crippen molar-refractivity contribution < 1.29 is 0 Å². The van der Waals surface area contributed by atoms with Crippen LogP contribution in [-0.2, 0) is 5.75 Å². The number of aromatic nitrogens is 6. The summed E-state index contributed by atoms with van der Waals surface area (Å²) in [5, 5.41) is 5.55. The summed E-state index contributed by atoms with van der Waals surface area (Å²) in [5.41, 5.74) is 6.81. The fourth-order valence-corrected chi connectivity index (χ4v) is 3.29. The molecular formula is C17H20N8S. The van der Waals surface area contributed by atoms with Crippen molar-refractivity contribution in [3.05, 3.63) is 42.0 Å². The predicted octanol–water partition coefficient (Wildman–Crippen LogP) is 2.27. The van der Waals surface area contributed by atoms with Crippen molar-refractivity contribution in [2.45, 2.75) is 29.7 Å². The minimum absolute atomic E-state index is 0.225. The molecule has 2 N–H and O–H groups in total. The third kappa shape index (κ3) is 3.62. The summed E-state index contributed by atoms with van der Waals surface area (Å²) in [6.45, 7) is 0. The Labute approximate surface area is 155 Å². The molecule has 1 aliphatic carbocycles. The van der Waals surface area contributed by atoms with Crippen LogP contribution in [0.2, 0.25) is 0 Å². The molecule has 1 fully saturated rings. The number of anilines is 2. The van der Waals surface area contributed by atoms with E-state index < -0.39 is 0 Å². The lowest BCUT2D eigenvalue weighted by atomic mass is 10.3. The van der Waals surface area contributed by atoms with Crippen molar-refractivity contribution in [3.8, 4) is 5.69 Å². The summed E-state index contributed by atoms with van der Waals surface area (Å²) in [6, 6.07) is 10.0. The minimum Gasteiger partial charge on any atom is -0.368 e. The van der Waals surface area contributed by atoms with E-state index in [1.165, 1.54) is 12.8 Å². The second-order valence-corrected chi connectivity index (χ2v) is 7.31. The zero-order valence-corrected chi connectivity index (χ0v) is 15.5. The highest BCUT2D eigenvalue weighted by atomic mass is 32.2. The molecule has 0 radical (unpaired) electrons. The fraction of sp³-hybridized carbons (Fsp3) is 0.353. The van der Waals surface area contributed by atoms with Crippen LogP contribution in [-0.4, -0.2) is 43.8 Å². The van der Waals surface area contributed by atoms with Crippen molar-refractivity contribution in [1.29, 1.82) is 0 Å². The lowest BCUT2D eigenvalue weighted by molar-refractivity contribution is 0.775. The fourth-order valence-electron chi connectivity index (χ4n) is 2.48. The van der Waals surface area contributed by atoms with Crippen LogP contribution < -0.4 is 10.6 Å². The summed E-state index contributed by atoms with van der Waals surface area (Å²) < 4.78 is 1.90. The molecule has 2 aromatic heterocycles. The number of nitrogens with zero attached hydrogens (tertiary/aromatic N) is 7. The van der Waals surface area contributed by atoms with Gasteiger partial charge in [0, 0.05) is 20.0 Å². The van der Waals surface area contributed by atoms with Gasteiger partial charge in [-0.3, -0.25) is 0 Å². The van der Waals surface area contributed by atoms with Gasteiger partial charge in [-0.1, -0.05) is 30.0 Å². The Hall–Kier alpha value is -2.68. The molecule has 3 aromatic rings. The smallest absolute Gasteiger partial charge is 0.229 e. The monoisotopic (exact) mass is 368 g/mol. The maximum Gasteiger partial charge on any atom is 0.229 e. The molecule has 134 valence electrons. The van der Waals surface area contributed by atoms with Crippen molar-refractivity contribution in [2.75, 3.05) is 24.7 Å². The van der Waals surface area contributed by atoms with Crippen molar-refractivity contribution >= 4 is 23.7 Å². The number of nitrogen functional groups attached to an aromatic ring is 1. The molecule has 0 aliphatic heterocycles. The molecule has 0 atom stereocenters. The van der Waals surface area contributed by atoms with Gasteiger partial charge in [0.15, 0.2) is 11.0 Å². The molecule has 0 spiro atoms. The van der Waals surface area contributed by atoms with Crippen LogP contribution in [0.15, 0.2) is 35.5 Å². The molecule has 1 aliphatic rings. The number of para-hydroxylation sites is 1. The van der Waals surface area contributed by atoms with E-state index in [-0.39, 0.29) is 5.95 Å². The zero-order chi connectivity index (χ0) is 18.1. The average molecular weight is 368 g/mol. The van der Waals surface area contributed by atoms with Gasteiger partial charge >= 0.3 is 0 Å². The summed E-state index contributed by atoms with van der Waals surface area (Å²) in [5.74, 6) is 3.36. The van der Waals surface area contributed by atoms with Gasteiger partial charge in [-0.05, 0) is 25.0 Å². The average Bonchev–Trinajstić information content (AvgIpc) is 3.40. The maximum absolute atomic E-state index is 5.81. The van der Waals surface area contributed by atoms with E-state index in [4.69, 9.17) is 15.8 Å². The van der Waals surface area contributed by atoms with Crippen molar-refractivity contribution in [1.82, 2.24) is 29.7 Å². The van der Waals surface area contributed by atoms with Crippen LogP contribution in [0.1, 0.15) is 30.4 Å². The Morgan fingerprint density at radius 1 is 1.12 bits per heavy atom.